The average molecular weight is 488 g/mol. The van der Waals surface area contributed by atoms with E-state index in [1.165, 1.54) is 36.1 Å². The first-order chi connectivity index (χ1) is 15.8. The lowest BCUT2D eigenvalue weighted by atomic mass is 10.00. The van der Waals surface area contributed by atoms with Gasteiger partial charge in [0.05, 0.1) is 6.10 Å². The molecule has 0 spiro atoms. The summed E-state index contributed by atoms with van der Waals surface area (Å²) < 4.78 is 7.84. The third-order valence-corrected chi connectivity index (χ3v) is 7.21. The minimum atomic E-state index is 0.0130. The van der Waals surface area contributed by atoms with Crippen molar-refractivity contribution in [3.8, 4) is 0 Å². The van der Waals surface area contributed by atoms with Crippen molar-refractivity contribution >= 4 is 21.5 Å². The number of piperidine rings is 1. The van der Waals surface area contributed by atoms with Crippen molar-refractivity contribution in [2.24, 2.45) is 0 Å². The lowest BCUT2D eigenvalue weighted by Gasteiger charge is -2.34. The third kappa shape index (κ3) is 5.40. The van der Waals surface area contributed by atoms with Crippen LogP contribution in [0.15, 0.2) is 95.0 Å². The van der Waals surface area contributed by atoms with Crippen molar-refractivity contribution in [1.29, 1.82) is 0 Å². The lowest BCUT2D eigenvalue weighted by molar-refractivity contribution is -0.0267. The highest BCUT2D eigenvalue weighted by atomic mass is 79.9. The van der Waals surface area contributed by atoms with Gasteiger partial charge in [-0.05, 0) is 60.1 Å². The van der Waals surface area contributed by atoms with E-state index in [0.717, 1.165) is 30.4 Å². The molecule has 0 saturated carbocycles. The number of ether oxygens (including phenoxy) is 1. The molecule has 0 N–H and O–H groups in total. The monoisotopic (exact) mass is 487 g/mol. The molecule has 1 fully saturated rings. The van der Waals surface area contributed by atoms with Crippen LogP contribution in [0.25, 0.3) is 5.57 Å². The highest BCUT2D eigenvalue weighted by molar-refractivity contribution is 9.10. The molecule has 32 heavy (non-hydrogen) atoms. The van der Waals surface area contributed by atoms with E-state index in [1.54, 1.807) is 11.1 Å². The first-order valence-electron chi connectivity index (χ1n) is 11.7. The van der Waals surface area contributed by atoms with Crippen molar-refractivity contribution in [3.63, 3.8) is 0 Å². The van der Waals surface area contributed by atoms with E-state index in [1.807, 2.05) is 0 Å². The van der Waals surface area contributed by atoms with E-state index >= 15 is 0 Å². The predicted molar refractivity (Wildman–Crippen MR) is 136 cm³/mol. The minimum absolute atomic E-state index is 0.0130. The third-order valence-electron chi connectivity index (χ3n) is 6.68. The molecule has 5 rings (SSSR count). The van der Waals surface area contributed by atoms with Gasteiger partial charge in [-0.1, -0.05) is 94.3 Å². The number of allylic oxidation sites excluding steroid dienone is 1. The number of nitrogens with zero attached hydrogens (tertiary/aromatic N) is 1. The molecule has 0 amide bonds. The molecular weight excluding hydrogens is 458 g/mol. The maximum absolute atomic E-state index is 6.69. The van der Waals surface area contributed by atoms with Gasteiger partial charge in [0, 0.05) is 24.1 Å². The van der Waals surface area contributed by atoms with Crippen LogP contribution in [-0.4, -0.2) is 30.6 Å². The first kappa shape index (κ1) is 21.6. The van der Waals surface area contributed by atoms with Crippen LogP contribution in [0.5, 0.6) is 0 Å². The van der Waals surface area contributed by atoms with Crippen LogP contribution in [0.2, 0.25) is 0 Å². The predicted octanol–water partition coefficient (Wildman–Crippen LogP) is 7.27. The zero-order chi connectivity index (χ0) is 21.8. The van der Waals surface area contributed by atoms with Crippen molar-refractivity contribution in [3.05, 3.63) is 112 Å². The fourth-order valence-electron chi connectivity index (χ4n) is 4.73. The molecule has 2 nitrogen and oxygen atoms in total. The molecule has 3 aromatic rings. The molecule has 1 heterocycles. The van der Waals surface area contributed by atoms with Crippen LogP contribution in [0, 0.1) is 0 Å². The Morgan fingerprint density at radius 2 is 1.41 bits per heavy atom. The van der Waals surface area contributed by atoms with Crippen molar-refractivity contribution in [2.45, 2.75) is 37.9 Å². The molecule has 3 aromatic carbocycles. The summed E-state index contributed by atoms with van der Waals surface area (Å²) in [6.45, 7) is 3.42. The van der Waals surface area contributed by atoms with Gasteiger partial charge in [-0.2, -0.15) is 0 Å². The SMILES string of the molecule is Brc1ccc(C2=C(CCN3CCC(OC(c4ccccc4)c4ccccc4)CC3)C2)cc1. The fraction of sp³-hybridized carbons (Fsp3) is 0.310. The lowest BCUT2D eigenvalue weighted by Crippen LogP contribution is -2.38. The molecule has 1 aliphatic carbocycles. The summed E-state index contributed by atoms with van der Waals surface area (Å²) in [6, 6.07) is 30.0. The smallest absolute Gasteiger partial charge is 0.108 e. The van der Waals surface area contributed by atoms with Crippen molar-refractivity contribution < 1.29 is 4.74 Å². The largest absolute Gasteiger partial charge is 0.365 e. The van der Waals surface area contributed by atoms with Crippen LogP contribution in [-0.2, 0) is 4.74 Å². The zero-order valence-corrected chi connectivity index (χ0v) is 20.0. The minimum Gasteiger partial charge on any atom is -0.365 e. The maximum Gasteiger partial charge on any atom is 0.108 e. The standard InChI is InChI=1S/C29H30BrNO/c30-26-13-11-22(12-14-26)28-21-25(28)15-18-31-19-16-27(17-20-31)32-29(23-7-3-1-4-8-23)24-9-5-2-6-10-24/h1-14,27,29H,15-21H2. The molecule has 3 heteroatoms. The van der Waals surface area contributed by atoms with Crippen LogP contribution in [0.3, 0.4) is 0 Å². The average Bonchev–Trinajstić information content (AvgIpc) is 3.63. The van der Waals surface area contributed by atoms with Gasteiger partial charge >= 0.3 is 0 Å². The summed E-state index contributed by atoms with van der Waals surface area (Å²) in [6.07, 6.45) is 4.93. The van der Waals surface area contributed by atoms with Gasteiger partial charge in [0.1, 0.15) is 6.10 Å². The van der Waals surface area contributed by atoms with E-state index in [-0.39, 0.29) is 6.10 Å². The second-order valence-corrected chi connectivity index (χ2v) is 9.81. The van der Waals surface area contributed by atoms with Crippen LogP contribution in [0.4, 0.5) is 0 Å². The van der Waals surface area contributed by atoms with E-state index in [2.05, 4.69) is 106 Å². The number of likely N-dealkylation sites (tertiary alicyclic amines) is 1. The highest BCUT2D eigenvalue weighted by Crippen LogP contribution is 2.42. The molecule has 164 valence electrons. The summed E-state index contributed by atoms with van der Waals surface area (Å²) in [5, 5.41) is 0. The number of hydrogen-bond donors (Lipinski definition) is 0. The van der Waals surface area contributed by atoms with E-state index in [9.17, 15) is 0 Å². The molecule has 0 aromatic heterocycles. The van der Waals surface area contributed by atoms with Gasteiger partial charge in [-0.15, -0.1) is 0 Å². The summed E-state index contributed by atoms with van der Waals surface area (Å²) in [5.41, 5.74) is 7.07. The molecule has 0 atom stereocenters. The van der Waals surface area contributed by atoms with Gasteiger partial charge in [0.15, 0.2) is 0 Å². The first-order valence-corrected chi connectivity index (χ1v) is 12.5. The second kappa shape index (κ2) is 10.2. The van der Waals surface area contributed by atoms with Crippen LogP contribution in [0.1, 0.15) is 48.5 Å². The van der Waals surface area contributed by atoms with Gasteiger partial charge < -0.3 is 9.64 Å². The Bertz CT molecular complexity index is 998. The Morgan fingerprint density at radius 1 is 0.812 bits per heavy atom. The Labute approximate surface area is 200 Å². The Balaban J connectivity index is 1.14. The van der Waals surface area contributed by atoms with E-state index in [0.29, 0.717) is 6.10 Å². The molecule has 0 radical (unpaired) electrons. The summed E-state index contributed by atoms with van der Waals surface area (Å²) in [7, 11) is 0. The van der Waals surface area contributed by atoms with Crippen molar-refractivity contribution in [2.75, 3.05) is 19.6 Å². The quantitative estimate of drug-likeness (QED) is 0.331. The van der Waals surface area contributed by atoms with Gasteiger partial charge in [-0.25, -0.2) is 0 Å². The van der Waals surface area contributed by atoms with Gasteiger partial charge in [0.25, 0.3) is 0 Å². The van der Waals surface area contributed by atoms with E-state index in [4.69, 9.17) is 4.74 Å². The second-order valence-electron chi connectivity index (χ2n) is 8.89. The van der Waals surface area contributed by atoms with Gasteiger partial charge in [-0.3, -0.25) is 0 Å². The highest BCUT2D eigenvalue weighted by Gasteiger charge is 2.27. The Hall–Kier alpha value is -2.20. The van der Waals surface area contributed by atoms with Crippen molar-refractivity contribution in [1.82, 2.24) is 4.90 Å². The maximum atomic E-state index is 6.69. The fourth-order valence-corrected chi connectivity index (χ4v) is 4.99. The molecule has 1 saturated heterocycles. The summed E-state index contributed by atoms with van der Waals surface area (Å²) in [5.74, 6) is 0. The van der Waals surface area contributed by atoms with Crippen LogP contribution < -0.4 is 0 Å². The van der Waals surface area contributed by atoms with Crippen LogP contribution >= 0.6 is 15.9 Å². The summed E-state index contributed by atoms with van der Waals surface area (Å²) in [4.78, 5) is 2.62. The number of benzene rings is 3. The molecule has 0 unspecified atom stereocenters. The topological polar surface area (TPSA) is 12.5 Å². The number of halogens is 1. The molecule has 1 aliphatic heterocycles. The van der Waals surface area contributed by atoms with Gasteiger partial charge in [0.2, 0.25) is 0 Å². The molecule has 2 aliphatic rings. The van der Waals surface area contributed by atoms with E-state index < -0.39 is 0 Å². The normalized spacial score (nSPS) is 17.2. The number of rotatable bonds is 8. The molecule has 0 bridgehead atoms. The zero-order valence-electron chi connectivity index (χ0n) is 18.4. The Morgan fingerprint density at radius 3 is 2.00 bits per heavy atom. The summed E-state index contributed by atoms with van der Waals surface area (Å²) >= 11 is 3.53. The Kier molecular flexibility index (Phi) is 6.87. The number of hydrogen-bond acceptors (Lipinski definition) is 2. The molecular formula is C29H30BrNO.